The molecule has 0 saturated heterocycles. The molecule has 0 aromatic heterocycles. The Balaban J connectivity index is 1.12. The molecule has 0 aliphatic carbocycles. The molecule has 65 heavy (non-hydrogen) atoms. The zero-order chi connectivity index (χ0) is 45.9. The maximum atomic E-state index is 10.3. The van der Waals surface area contributed by atoms with Gasteiger partial charge in [0.05, 0.1) is 6.61 Å². The summed E-state index contributed by atoms with van der Waals surface area (Å²) in [6.45, 7) is 2.14. The summed E-state index contributed by atoms with van der Waals surface area (Å²) < 4.78 is 11.8. The van der Waals surface area contributed by atoms with Crippen molar-refractivity contribution < 1.29 is 14.3 Å². The largest absolute Gasteiger partial charge is 0.491 e. The lowest BCUT2D eigenvalue weighted by atomic mass is 10.0. The second-order valence-corrected chi connectivity index (χ2v) is 20.5. The Hall–Kier alpha value is -1.87. The van der Waals surface area contributed by atoms with E-state index >= 15 is 0 Å². The summed E-state index contributed by atoms with van der Waals surface area (Å²) in [4.78, 5) is 10.3. The molecular weight excluding hydrogens is 793 g/mol. The maximum Gasteiger partial charge on any atom is 0.127 e. The quantitative estimate of drug-likeness (QED) is 0.0490. The van der Waals surface area contributed by atoms with Crippen LogP contribution in [0, 0.1) is 0 Å². The van der Waals surface area contributed by atoms with Gasteiger partial charge in [0.15, 0.2) is 0 Å². The minimum absolute atomic E-state index is 0.617. The molecule has 0 amide bonds. The standard InChI is InChI=1S/C62H110O3/c63-56-49-45-43-41-39-37-35-33-31-29-27-25-23-21-19-17-15-13-11-9-7-5-3-1-2-4-6-8-10-12-14-16-18-20-22-24-26-28-30-32-34-36-38-40-42-44-46-50-57-64-58-59-65-62-55-51-53-60-52-47-48-54-61(60)62/h47-48,51-56H,1-46,49-50,57-59H2. The van der Waals surface area contributed by atoms with E-state index in [2.05, 4.69) is 42.5 Å². The summed E-state index contributed by atoms with van der Waals surface area (Å²) in [7, 11) is 0. The van der Waals surface area contributed by atoms with Crippen LogP contribution < -0.4 is 4.74 Å². The van der Waals surface area contributed by atoms with Crippen molar-refractivity contribution >= 4 is 17.1 Å². The average Bonchev–Trinajstić information content (AvgIpc) is 3.33. The fourth-order valence-corrected chi connectivity index (χ4v) is 10.0. The summed E-state index contributed by atoms with van der Waals surface area (Å²) >= 11 is 0. The lowest BCUT2D eigenvalue weighted by molar-refractivity contribution is -0.107. The smallest absolute Gasteiger partial charge is 0.127 e. The molecule has 0 aliphatic rings. The Morgan fingerprint density at radius 3 is 0.877 bits per heavy atom. The highest BCUT2D eigenvalue weighted by Gasteiger charge is 2.02. The third-order valence-electron chi connectivity index (χ3n) is 14.3. The van der Waals surface area contributed by atoms with E-state index < -0.39 is 0 Å². The number of hydrogen-bond donors (Lipinski definition) is 0. The molecule has 376 valence electrons. The second kappa shape index (κ2) is 50.0. The van der Waals surface area contributed by atoms with Gasteiger partial charge in [0, 0.05) is 18.4 Å². The lowest BCUT2D eigenvalue weighted by Crippen LogP contribution is -2.07. The van der Waals surface area contributed by atoms with Crippen LogP contribution in [0.25, 0.3) is 10.8 Å². The van der Waals surface area contributed by atoms with E-state index in [1.807, 2.05) is 0 Å². The van der Waals surface area contributed by atoms with E-state index in [9.17, 15) is 4.79 Å². The molecule has 0 N–H and O–H groups in total. The second-order valence-electron chi connectivity index (χ2n) is 20.5. The van der Waals surface area contributed by atoms with Gasteiger partial charge in [-0.15, -0.1) is 0 Å². The summed E-state index contributed by atoms with van der Waals surface area (Å²) in [6, 6.07) is 14.6. The Labute approximate surface area is 405 Å². The van der Waals surface area contributed by atoms with Crippen molar-refractivity contribution in [2.45, 2.75) is 308 Å². The third kappa shape index (κ3) is 40.9. The number of ether oxygens (including phenoxy) is 2. The summed E-state index contributed by atoms with van der Waals surface area (Å²) in [5.41, 5.74) is 0. The summed E-state index contributed by atoms with van der Waals surface area (Å²) in [5.74, 6) is 0.956. The normalized spacial score (nSPS) is 11.6. The topological polar surface area (TPSA) is 35.5 Å². The minimum atomic E-state index is 0.617. The van der Waals surface area contributed by atoms with Crippen molar-refractivity contribution in [1.82, 2.24) is 0 Å². The van der Waals surface area contributed by atoms with Crippen LogP contribution in [0.1, 0.15) is 308 Å². The zero-order valence-corrected chi connectivity index (χ0v) is 43.4. The van der Waals surface area contributed by atoms with Crippen LogP contribution in [0.4, 0.5) is 0 Å². The number of rotatable bonds is 54. The first-order valence-corrected chi connectivity index (χ1v) is 29.5. The first-order chi connectivity index (χ1) is 32.4. The van der Waals surface area contributed by atoms with Gasteiger partial charge in [-0.05, 0) is 24.3 Å². The van der Waals surface area contributed by atoms with Crippen LogP contribution in [0.5, 0.6) is 5.75 Å². The number of aldehydes is 1. The van der Waals surface area contributed by atoms with Crippen molar-refractivity contribution in [2.24, 2.45) is 0 Å². The molecule has 0 fully saturated rings. The lowest BCUT2D eigenvalue weighted by Gasteiger charge is -2.10. The predicted molar refractivity (Wildman–Crippen MR) is 288 cm³/mol. The van der Waals surface area contributed by atoms with Crippen molar-refractivity contribution in [2.75, 3.05) is 19.8 Å². The molecule has 0 radical (unpaired) electrons. The number of unbranched alkanes of at least 4 members (excludes halogenated alkanes) is 47. The molecule has 0 atom stereocenters. The molecule has 2 aromatic carbocycles. The van der Waals surface area contributed by atoms with Crippen molar-refractivity contribution in [1.29, 1.82) is 0 Å². The number of carbonyl (C=O) groups excluding carboxylic acids is 1. The minimum Gasteiger partial charge on any atom is -0.491 e. The molecule has 3 nitrogen and oxygen atoms in total. The molecule has 0 bridgehead atoms. The van der Waals surface area contributed by atoms with Gasteiger partial charge in [0.25, 0.3) is 0 Å². The summed E-state index contributed by atoms with van der Waals surface area (Å²) in [5, 5.41) is 2.40. The molecular formula is C62H110O3. The molecule has 0 unspecified atom stereocenters. The van der Waals surface area contributed by atoms with Gasteiger partial charge < -0.3 is 14.3 Å². The number of hydrogen-bond acceptors (Lipinski definition) is 3. The summed E-state index contributed by atoms with van der Waals surface area (Å²) in [6.07, 6.45) is 69.2. The van der Waals surface area contributed by atoms with Gasteiger partial charge in [-0.3, -0.25) is 0 Å². The first-order valence-electron chi connectivity index (χ1n) is 29.5. The molecule has 0 saturated carbocycles. The first kappa shape index (κ1) is 59.3. The third-order valence-corrected chi connectivity index (χ3v) is 14.3. The Kier molecular flexibility index (Phi) is 45.6. The van der Waals surface area contributed by atoms with Crippen LogP contribution in [0.3, 0.4) is 0 Å². The fourth-order valence-electron chi connectivity index (χ4n) is 10.0. The van der Waals surface area contributed by atoms with E-state index in [-0.39, 0.29) is 0 Å². The molecule has 3 heteroatoms. The number of benzene rings is 2. The number of carbonyl (C=O) groups is 1. The van der Waals surface area contributed by atoms with Gasteiger partial charge in [-0.1, -0.05) is 325 Å². The van der Waals surface area contributed by atoms with Crippen molar-refractivity contribution in [3.8, 4) is 5.75 Å². The maximum absolute atomic E-state index is 10.3. The van der Waals surface area contributed by atoms with Crippen LogP contribution in [0.15, 0.2) is 42.5 Å². The van der Waals surface area contributed by atoms with Crippen molar-refractivity contribution in [3.63, 3.8) is 0 Å². The van der Waals surface area contributed by atoms with E-state index in [1.54, 1.807) is 0 Å². The van der Waals surface area contributed by atoms with Crippen LogP contribution in [-0.2, 0) is 9.53 Å². The monoisotopic (exact) mass is 903 g/mol. The zero-order valence-electron chi connectivity index (χ0n) is 43.4. The SMILES string of the molecule is O=CCCCCCCCCCCCCCCCCCCCCCCCCCCCCCCCCCCCCCCCCCCCCCCCCCOCCOc1cccc2ccccc12. The van der Waals surface area contributed by atoms with E-state index in [4.69, 9.17) is 9.47 Å². The number of fused-ring (bicyclic) bond motifs is 1. The van der Waals surface area contributed by atoms with Crippen LogP contribution in [-0.4, -0.2) is 26.1 Å². The fraction of sp³-hybridized carbons (Fsp3) is 0.823. The predicted octanol–water partition coefficient (Wildman–Crippen LogP) is 21.2. The highest BCUT2D eigenvalue weighted by Crippen LogP contribution is 2.25. The average molecular weight is 904 g/mol. The van der Waals surface area contributed by atoms with Gasteiger partial charge in [-0.25, -0.2) is 0 Å². The molecule has 2 aromatic rings. The van der Waals surface area contributed by atoms with Crippen molar-refractivity contribution in [3.05, 3.63) is 42.5 Å². The molecule has 0 heterocycles. The van der Waals surface area contributed by atoms with Gasteiger partial charge in [0.2, 0.25) is 0 Å². The highest BCUT2D eigenvalue weighted by atomic mass is 16.5. The Morgan fingerprint density at radius 1 is 0.277 bits per heavy atom. The molecule has 0 spiro atoms. The highest BCUT2D eigenvalue weighted by molar-refractivity contribution is 5.88. The van der Waals surface area contributed by atoms with Crippen LogP contribution >= 0.6 is 0 Å². The van der Waals surface area contributed by atoms with Gasteiger partial charge >= 0.3 is 0 Å². The van der Waals surface area contributed by atoms with Gasteiger partial charge in [0.1, 0.15) is 18.6 Å². The van der Waals surface area contributed by atoms with E-state index in [0.29, 0.717) is 13.2 Å². The van der Waals surface area contributed by atoms with E-state index in [1.165, 1.54) is 306 Å². The Morgan fingerprint density at radius 2 is 0.554 bits per heavy atom. The molecule has 0 aliphatic heterocycles. The van der Waals surface area contributed by atoms with Gasteiger partial charge in [-0.2, -0.15) is 0 Å². The van der Waals surface area contributed by atoms with Crippen LogP contribution in [0.2, 0.25) is 0 Å². The van der Waals surface area contributed by atoms with E-state index in [0.717, 1.165) is 31.5 Å². The Bertz CT molecular complexity index is 1220. The molecule has 2 rings (SSSR count).